The van der Waals surface area contributed by atoms with Crippen LogP contribution in [0, 0.1) is 0 Å². The van der Waals surface area contributed by atoms with E-state index < -0.39 is 0 Å². The Bertz CT molecular complexity index is 1340. The van der Waals surface area contributed by atoms with Crippen LogP contribution in [-0.4, -0.2) is 68.7 Å². The second kappa shape index (κ2) is 8.46. The molecule has 0 bridgehead atoms. The number of pyridine rings is 3. The average Bonchev–Trinajstić information content (AvgIpc) is 3.53. The second-order valence-electron chi connectivity index (χ2n) is 8.40. The number of hydrogen-bond acceptors (Lipinski definition) is 5. The molecule has 4 aromatic rings. The van der Waals surface area contributed by atoms with Gasteiger partial charge in [0.2, 0.25) is 0 Å². The highest BCUT2D eigenvalue weighted by atomic mass is 16.2. The van der Waals surface area contributed by atoms with Gasteiger partial charge in [-0.25, -0.2) is 4.98 Å². The molecule has 8 heteroatoms. The molecule has 0 saturated carbocycles. The van der Waals surface area contributed by atoms with Crippen LogP contribution in [0.5, 0.6) is 0 Å². The number of aromatic amines is 1. The molecule has 4 aromatic heterocycles. The largest absolute Gasteiger partial charge is 0.345 e. The highest BCUT2D eigenvalue weighted by Crippen LogP contribution is 2.30. The van der Waals surface area contributed by atoms with E-state index in [4.69, 9.17) is 0 Å². The maximum Gasteiger partial charge on any atom is 0.270 e. The third kappa shape index (κ3) is 3.95. The maximum absolute atomic E-state index is 12.8. The number of hydrogen-bond donors (Lipinski definition) is 1. The molecule has 33 heavy (non-hydrogen) atoms. The van der Waals surface area contributed by atoms with Crippen LogP contribution in [0.2, 0.25) is 0 Å². The minimum absolute atomic E-state index is 0.0138. The summed E-state index contributed by atoms with van der Waals surface area (Å²) < 4.78 is 0. The Morgan fingerprint density at radius 1 is 0.970 bits per heavy atom. The Hall–Kier alpha value is -4.07. The van der Waals surface area contributed by atoms with Gasteiger partial charge < -0.3 is 14.8 Å². The number of aromatic nitrogens is 4. The van der Waals surface area contributed by atoms with Crippen LogP contribution < -0.4 is 0 Å². The van der Waals surface area contributed by atoms with E-state index >= 15 is 0 Å². The molecule has 0 spiro atoms. The van der Waals surface area contributed by atoms with Crippen LogP contribution in [0.15, 0.2) is 55.1 Å². The monoisotopic (exact) mass is 440 g/mol. The minimum atomic E-state index is -0.0909. The van der Waals surface area contributed by atoms with Gasteiger partial charge in [0.15, 0.2) is 0 Å². The van der Waals surface area contributed by atoms with Crippen molar-refractivity contribution in [1.82, 2.24) is 29.7 Å². The van der Waals surface area contributed by atoms with Crippen molar-refractivity contribution in [3.8, 4) is 22.4 Å². The van der Waals surface area contributed by atoms with Gasteiger partial charge in [-0.1, -0.05) is 0 Å². The number of rotatable bonds is 4. The second-order valence-corrected chi connectivity index (χ2v) is 8.40. The lowest BCUT2D eigenvalue weighted by Gasteiger charge is -2.13. The van der Waals surface area contributed by atoms with E-state index in [1.165, 1.54) is 4.90 Å². The molecule has 0 unspecified atom stereocenters. The molecule has 1 aliphatic heterocycles. The van der Waals surface area contributed by atoms with Crippen LogP contribution in [0.25, 0.3) is 33.4 Å². The van der Waals surface area contributed by atoms with Gasteiger partial charge in [-0.2, -0.15) is 0 Å². The van der Waals surface area contributed by atoms with Crippen molar-refractivity contribution in [2.45, 2.75) is 12.8 Å². The van der Waals surface area contributed by atoms with E-state index in [9.17, 15) is 9.59 Å². The smallest absolute Gasteiger partial charge is 0.270 e. The first-order valence-electron chi connectivity index (χ1n) is 10.9. The summed E-state index contributed by atoms with van der Waals surface area (Å²) in [6.07, 6.45) is 8.94. The van der Waals surface area contributed by atoms with Crippen molar-refractivity contribution in [2.24, 2.45) is 0 Å². The Morgan fingerprint density at radius 3 is 2.48 bits per heavy atom. The first kappa shape index (κ1) is 20.8. The van der Waals surface area contributed by atoms with Crippen molar-refractivity contribution in [3.63, 3.8) is 0 Å². The molecule has 2 amide bonds. The zero-order chi connectivity index (χ0) is 22.9. The molecule has 8 nitrogen and oxygen atoms in total. The van der Waals surface area contributed by atoms with E-state index in [0.717, 1.165) is 53.7 Å². The van der Waals surface area contributed by atoms with Crippen molar-refractivity contribution < 1.29 is 9.59 Å². The fourth-order valence-corrected chi connectivity index (χ4v) is 4.16. The highest BCUT2D eigenvalue weighted by molar-refractivity contribution is 6.02. The lowest BCUT2D eigenvalue weighted by Crippen LogP contribution is -2.27. The van der Waals surface area contributed by atoms with E-state index in [-0.39, 0.29) is 11.8 Å². The SMILES string of the molecule is CN(C)C(=O)c1ccc(-c2cncc(-c3ccnc4[nH]c(C(=O)N5CCCC5)cc34)c2)nc1. The summed E-state index contributed by atoms with van der Waals surface area (Å²) in [4.78, 5) is 44.9. The molecule has 0 aliphatic carbocycles. The molecule has 1 aliphatic rings. The third-order valence-electron chi connectivity index (χ3n) is 5.92. The topological polar surface area (TPSA) is 95.1 Å². The summed E-state index contributed by atoms with van der Waals surface area (Å²) >= 11 is 0. The van der Waals surface area contributed by atoms with Gasteiger partial charge in [-0.3, -0.25) is 19.6 Å². The standard InChI is InChI=1S/C25H24N6O2/c1-30(2)24(32)16-5-6-21(28-15-16)18-11-17(13-26-14-18)19-7-8-27-23-20(19)12-22(29-23)25(33)31-9-3-4-10-31/h5-8,11-15H,3-4,9-10H2,1-2H3,(H,27,29). The molecule has 166 valence electrons. The summed E-state index contributed by atoms with van der Waals surface area (Å²) in [6.45, 7) is 1.60. The summed E-state index contributed by atoms with van der Waals surface area (Å²) in [6, 6.07) is 9.40. The predicted octanol–water partition coefficient (Wildman–Crippen LogP) is 3.62. The van der Waals surface area contributed by atoms with E-state index in [2.05, 4.69) is 19.9 Å². The van der Waals surface area contributed by atoms with Crippen LogP contribution in [-0.2, 0) is 0 Å². The number of carbonyl (C=O) groups excluding carboxylic acids is 2. The van der Waals surface area contributed by atoms with Crippen molar-refractivity contribution >= 4 is 22.8 Å². The van der Waals surface area contributed by atoms with Crippen LogP contribution in [0.3, 0.4) is 0 Å². The molecule has 1 saturated heterocycles. The molecule has 5 heterocycles. The Morgan fingerprint density at radius 2 is 1.76 bits per heavy atom. The first-order chi connectivity index (χ1) is 16.0. The number of nitrogens with zero attached hydrogens (tertiary/aromatic N) is 5. The molecule has 0 atom stereocenters. The van der Waals surface area contributed by atoms with Gasteiger partial charge in [0.25, 0.3) is 11.8 Å². The number of likely N-dealkylation sites (tertiary alicyclic amines) is 1. The molecule has 5 rings (SSSR count). The number of amides is 2. The fourth-order valence-electron chi connectivity index (χ4n) is 4.16. The Balaban J connectivity index is 1.49. The number of fused-ring (bicyclic) bond motifs is 1. The Labute approximate surface area is 191 Å². The molecule has 0 aromatic carbocycles. The third-order valence-corrected chi connectivity index (χ3v) is 5.92. The number of H-pyrrole nitrogens is 1. The fraction of sp³-hybridized carbons (Fsp3) is 0.240. The lowest BCUT2D eigenvalue weighted by molar-refractivity contribution is 0.0786. The maximum atomic E-state index is 12.8. The minimum Gasteiger partial charge on any atom is -0.345 e. The van der Waals surface area contributed by atoms with Crippen molar-refractivity contribution in [2.75, 3.05) is 27.2 Å². The van der Waals surface area contributed by atoms with Gasteiger partial charge in [0.1, 0.15) is 11.3 Å². The lowest BCUT2D eigenvalue weighted by atomic mass is 10.0. The average molecular weight is 441 g/mol. The normalized spacial score (nSPS) is 13.5. The van der Waals surface area contributed by atoms with Gasteiger partial charge in [-0.15, -0.1) is 0 Å². The van der Waals surface area contributed by atoms with Crippen LogP contribution in [0.1, 0.15) is 33.7 Å². The molecular weight excluding hydrogens is 416 g/mol. The van der Waals surface area contributed by atoms with E-state index in [1.807, 2.05) is 29.2 Å². The molecular formula is C25H24N6O2. The predicted molar refractivity (Wildman–Crippen MR) is 126 cm³/mol. The van der Waals surface area contributed by atoms with Gasteiger partial charge in [0, 0.05) is 68.5 Å². The molecule has 1 fully saturated rings. The summed E-state index contributed by atoms with van der Waals surface area (Å²) in [5.74, 6) is -0.0771. The first-order valence-corrected chi connectivity index (χ1v) is 10.9. The Kier molecular flexibility index (Phi) is 5.34. The highest BCUT2D eigenvalue weighted by Gasteiger charge is 2.22. The molecule has 1 N–H and O–H groups in total. The summed E-state index contributed by atoms with van der Waals surface area (Å²) in [7, 11) is 3.43. The zero-order valence-electron chi connectivity index (χ0n) is 18.6. The van der Waals surface area contributed by atoms with Gasteiger partial charge in [-0.05, 0) is 48.7 Å². The quantitative estimate of drug-likeness (QED) is 0.523. The van der Waals surface area contributed by atoms with Crippen molar-refractivity contribution in [3.05, 3.63) is 66.4 Å². The van der Waals surface area contributed by atoms with Gasteiger partial charge in [0.05, 0.1) is 11.3 Å². The molecule has 0 radical (unpaired) electrons. The number of carbonyl (C=O) groups is 2. The van der Waals surface area contributed by atoms with E-state index in [1.54, 1.807) is 44.9 Å². The summed E-state index contributed by atoms with van der Waals surface area (Å²) in [5.41, 5.74) is 5.16. The van der Waals surface area contributed by atoms with E-state index in [0.29, 0.717) is 16.9 Å². The van der Waals surface area contributed by atoms with Gasteiger partial charge >= 0.3 is 0 Å². The number of nitrogens with one attached hydrogen (secondary N) is 1. The van der Waals surface area contributed by atoms with Crippen LogP contribution in [0.4, 0.5) is 0 Å². The zero-order valence-corrected chi connectivity index (χ0v) is 18.6. The van der Waals surface area contributed by atoms with Crippen molar-refractivity contribution in [1.29, 1.82) is 0 Å². The van der Waals surface area contributed by atoms with Crippen LogP contribution >= 0.6 is 0 Å². The summed E-state index contributed by atoms with van der Waals surface area (Å²) in [5, 5.41) is 0.874.